The van der Waals surface area contributed by atoms with Gasteiger partial charge in [-0.1, -0.05) is 12.1 Å². The predicted octanol–water partition coefficient (Wildman–Crippen LogP) is 3.34. The Morgan fingerprint density at radius 1 is 1.00 bits per heavy atom. The Kier molecular flexibility index (Phi) is 3.88. The maximum absolute atomic E-state index is 13.0. The second-order valence-corrected chi connectivity index (χ2v) is 6.39. The summed E-state index contributed by atoms with van der Waals surface area (Å²) in [6, 6.07) is 15.3. The van der Waals surface area contributed by atoms with Crippen LogP contribution in [0.5, 0.6) is 11.5 Å². The summed E-state index contributed by atoms with van der Waals surface area (Å²) in [5.74, 6) is 1.60. The average molecular weight is 339 g/mol. The lowest BCUT2D eigenvalue weighted by Gasteiger charge is -2.53. The molecule has 0 bridgehead atoms. The van der Waals surface area contributed by atoms with Crippen LogP contribution in [-0.2, 0) is 9.53 Å². The summed E-state index contributed by atoms with van der Waals surface area (Å²) in [5.41, 5.74) is 1.18. The first-order chi connectivity index (χ1) is 12.2. The Morgan fingerprint density at radius 2 is 1.60 bits per heavy atom. The first kappa shape index (κ1) is 16.0. The van der Waals surface area contributed by atoms with Crippen molar-refractivity contribution in [3.63, 3.8) is 0 Å². The van der Waals surface area contributed by atoms with E-state index in [-0.39, 0.29) is 11.9 Å². The Bertz CT molecular complexity index is 763. The second kappa shape index (κ2) is 6.08. The molecule has 2 aliphatic heterocycles. The highest BCUT2D eigenvalue weighted by Gasteiger charge is 2.64. The third-order valence-corrected chi connectivity index (χ3v) is 5.11. The Morgan fingerprint density at radius 3 is 2.12 bits per heavy atom. The van der Waals surface area contributed by atoms with Gasteiger partial charge in [0.1, 0.15) is 17.5 Å². The minimum atomic E-state index is -0.728. The number of ether oxygens (including phenoxy) is 3. The van der Waals surface area contributed by atoms with Crippen molar-refractivity contribution in [2.45, 2.75) is 24.5 Å². The molecule has 25 heavy (non-hydrogen) atoms. The third-order valence-electron chi connectivity index (χ3n) is 5.11. The Balaban J connectivity index is 1.72. The maximum atomic E-state index is 13.0. The van der Waals surface area contributed by atoms with Gasteiger partial charge in [0.2, 0.25) is 0 Å². The Hall–Kier alpha value is -2.53. The van der Waals surface area contributed by atoms with E-state index in [0.29, 0.717) is 6.61 Å². The van der Waals surface area contributed by atoms with Gasteiger partial charge in [-0.2, -0.15) is 0 Å². The van der Waals surface area contributed by atoms with Crippen molar-refractivity contribution in [1.82, 2.24) is 0 Å². The molecular formula is C20H21NO4. The van der Waals surface area contributed by atoms with Crippen LogP contribution in [0.4, 0.5) is 5.69 Å². The van der Waals surface area contributed by atoms with Gasteiger partial charge in [-0.25, -0.2) is 0 Å². The molecule has 2 aromatic rings. The van der Waals surface area contributed by atoms with E-state index >= 15 is 0 Å². The molecule has 2 aromatic carbocycles. The summed E-state index contributed by atoms with van der Waals surface area (Å²) in [4.78, 5) is 14.8. The molecule has 0 N–H and O–H groups in total. The van der Waals surface area contributed by atoms with E-state index in [4.69, 9.17) is 14.2 Å². The lowest BCUT2D eigenvalue weighted by atomic mass is 9.75. The average Bonchev–Trinajstić information content (AvgIpc) is 3.18. The number of anilines is 1. The zero-order chi connectivity index (χ0) is 17.4. The second-order valence-electron chi connectivity index (χ2n) is 6.39. The van der Waals surface area contributed by atoms with Gasteiger partial charge in [-0.3, -0.25) is 9.69 Å². The van der Waals surface area contributed by atoms with Crippen LogP contribution < -0.4 is 14.4 Å². The lowest BCUT2D eigenvalue weighted by Crippen LogP contribution is -2.68. The number of carbonyl (C=O) groups is 1. The highest BCUT2D eigenvalue weighted by molar-refractivity contribution is 6.08. The highest BCUT2D eigenvalue weighted by atomic mass is 16.5. The first-order valence-electron chi connectivity index (χ1n) is 8.45. The van der Waals surface area contributed by atoms with Gasteiger partial charge in [0.15, 0.2) is 5.60 Å². The van der Waals surface area contributed by atoms with E-state index in [1.807, 2.05) is 53.4 Å². The van der Waals surface area contributed by atoms with Gasteiger partial charge in [-0.15, -0.1) is 0 Å². The molecule has 0 unspecified atom stereocenters. The summed E-state index contributed by atoms with van der Waals surface area (Å²) in [7, 11) is 3.28. The number of carbonyl (C=O) groups excluding carboxylic acids is 1. The fourth-order valence-corrected chi connectivity index (χ4v) is 3.84. The summed E-state index contributed by atoms with van der Waals surface area (Å²) < 4.78 is 16.4. The van der Waals surface area contributed by atoms with Crippen molar-refractivity contribution >= 4 is 11.6 Å². The van der Waals surface area contributed by atoms with Crippen molar-refractivity contribution in [3.05, 3.63) is 54.1 Å². The van der Waals surface area contributed by atoms with Gasteiger partial charge in [0, 0.05) is 12.3 Å². The topological polar surface area (TPSA) is 48.0 Å². The van der Waals surface area contributed by atoms with Crippen LogP contribution in [0.25, 0.3) is 0 Å². The van der Waals surface area contributed by atoms with E-state index in [1.54, 1.807) is 14.2 Å². The molecule has 2 fully saturated rings. The van der Waals surface area contributed by atoms with Gasteiger partial charge in [-0.05, 0) is 54.8 Å². The lowest BCUT2D eigenvalue weighted by molar-refractivity contribution is -0.156. The molecule has 4 rings (SSSR count). The fourth-order valence-electron chi connectivity index (χ4n) is 3.84. The third kappa shape index (κ3) is 2.38. The molecule has 1 spiro atoms. The molecule has 5 heteroatoms. The first-order valence-corrected chi connectivity index (χ1v) is 8.45. The quantitative estimate of drug-likeness (QED) is 0.802. The van der Waals surface area contributed by atoms with Gasteiger partial charge >= 0.3 is 0 Å². The number of nitrogens with zero attached hydrogens (tertiary/aromatic N) is 1. The van der Waals surface area contributed by atoms with Crippen molar-refractivity contribution in [2.24, 2.45) is 0 Å². The molecule has 1 amide bonds. The maximum Gasteiger partial charge on any atom is 0.262 e. The normalized spacial score (nSPS) is 25.1. The van der Waals surface area contributed by atoms with E-state index in [2.05, 4.69) is 0 Å². The van der Waals surface area contributed by atoms with Crippen molar-refractivity contribution in [1.29, 1.82) is 0 Å². The number of hydrogen-bond acceptors (Lipinski definition) is 4. The molecular weight excluding hydrogens is 318 g/mol. The minimum absolute atomic E-state index is 0.0379. The van der Waals surface area contributed by atoms with Crippen LogP contribution in [0, 0.1) is 0 Å². The summed E-state index contributed by atoms with van der Waals surface area (Å²) >= 11 is 0. The smallest absolute Gasteiger partial charge is 0.262 e. The molecule has 130 valence electrons. The van der Waals surface area contributed by atoms with E-state index in [1.165, 1.54) is 0 Å². The number of β-lactam (4-membered cyclic amide) rings is 1. The minimum Gasteiger partial charge on any atom is -0.497 e. The van der Waals surface area contributed by atoms with Crippen LogP contribution in [-0.4, -0.2) is 32.3 Å². The van der Waals surface area contributed by atoms with E-state index in [0.717, 1.165) is 35.6 Å². The van der Waals surface area contributed by atoms with Gasteiger partial charge < -0.3 is 14.2 Å². The summed E-state index contributed by atoms with van der Waals surface area (Å²) in [6.45, 7) is 0.634. The highest BCUT2D eigenvalue weighted by Crippen LogP contribution is 2.53. The van der Waals surface area contributed by atoms with Gasteiger partial charge in [0.25, 0.3) is 5.91 Å². The SMILES string of the molecule is COc1ccc([C@H]2N(c3ccc(OC)cc3)C(=O)[C@]23CCCO3)cc1. The number of hydrogen-bond donors (Lipinski definition) is 0. The zero-order valence-corrected chi connectivity index (χ0v) is 14.4. The van der Waals surface area contributed by atoms with Gasteiger partial charge in [0.05, 0.1) is 14.2 Å². The molecule has 2 heterocycles. The molecule has 0 radical (unpaired) electrons. The van der Waals surface area contributed by atoms with E-state index < -0.39 is 5.60 Å². The predicted molar refractivity (Wildman–Crippen MR) is 94.1 cm³/mol. The molecule has 2 aliphatic rings. The number of benzene rings is 2. The number of methoxy groups -OCH3 is 2. The van der Waals surface area contributed by atoms with Crippen LogP contribution in [0.2, 0.25) is 0 Å². The van der Waals surface area contributed by atoms with Crippen LogP contribution >= 0.6 is 0 Å². The standard InChI is InChI=1S/C20H21NO4/c1-23-16-8-4-14(5-9-16)18-20(12-3-13-25-20)19(22)21(18)15-6-10-17(24-2)11-7-15/h4-11,18H,3,12-13H2,1-2H3/t18-,20+/m1/s1. The van der Waals surface area contributed by atoms with E-state index in [9.17, 15) is 4.79 Å². The monoisotopic (exact) mass is 339 g/mol. The zero-order valence-electron chi connectivity index (χ0n) is 14.4. The number of rotatable bonds is 4. The van der Waals surface area contributed by atoms with Crippen LogP contribution in [0.3, 0.4) is 0 Å². The van der Waals surface area contributed by atoms with Crippen molar-refractivity contribution < 1.29 is 19.0 Å². The molecule has 2 saturated heterocycles. The molecule has 5 nitrogen and oxygen atoms in total. The Labute approximate surface area is 147 Å². The fraction of sp³-hybridized carbons (Fsp3) is 0.350. The van der Waals surface area contributed by atoms with Crippen molar-refractivity contribution in [3.8, 4) is 11.5 Å². The molecule has 0 aliphatic carbocycles. The van der Waals surface area contributed by atoms with Crippen molar-refractivity contribution in [2.75, 3.05) is 25.7 Å². The molecule has 0 saturated carbocycles. The largest absolute Gasteiger partial charge is 0.497 e. The van der Waals surface area contributed by atoms with Crippen LogP contribution in [0.1, 0.15) is 24.4 Å². The van der Waals surface area contributed by atoms with Crippen LogP contribution in [0.15, 0.2) is 48.5 Å². The molecule has 0 aromatic heterocycles. The summed E-state index contributed by atoms with van der Waals surface area (Å²) in [6.07, 6.45) is 1.67. The molecule has 2 atom stereocenters. The number of amides is 1. The summed E-state index contributed by atoms with van der Waals surface area (Å²) in [5, 5.41) is 0.